The first kappa shape index (κ1) is 13.4. The second-order valence-electron chi connectivity index (χ2n) is 5.02. The van der Waals surface area contributed by atoms with Crippen LogP contribution < -0.4 is 4.74 Å². The van der Waals surface area contributed by atoms with Crippen LogP contribution in [0.5, 0.6) is 5.75 Å². The average molecular weight is 249 g/mol. The molecule has 1 aromatic carbocycles. The van der Waals surface area contributed by atoms with Gasteiger partial charge < -0.3 is 14.7 Å². The molecule has 2 rings (SSSR count). The molecule has 0 aliphatic carbocycles. The van der Waals surface area contributed by atoms with Crippen LogP contribution in [-0.2, 0) is 6.42 Å². The Morgan fingerprint density at radius 1 is 1.22 bits per heavy atom. The van der Waals surface area contributed by atoms with Crippen molar-refractivity contribution >= 4 is 0 Å². The van der Waals surface area contributed by atoms with E-state index in [0.717, 1.165) is 44.6 Å². The van der Waals surface area contributed by atoms with Crippen LogP contribution in [0.3, 0.4) is 0 Å². The number of hydrogen-bond donors (Lipinski definition) is 1. The van der Waals surface area contributed by atoms with Gasteiger partial charge in [0.15, 0.2) is 0 Å². The molecule has 1 saturated heterocycles. The Morgan fingerprint density at radius 3 is 2.50 bits per heavy atom. The zero-order valence-electron chi connectivity index (χ0n) is 11.1. The normalized spacial score (nSPS) is 17.9. The van der Waals surface area contributed by atoms with E-state index in [1.807, 2.05) is 12.1 Å². The number of aryl methyl sites for hydroxylation is 1. The highest BCUT2D eigenvalue weighted by molar-refractivity contribution is 5.27. The second-order valence-corrected chi connectivity index (χ2v) is 5.02. The van der Waals surface area contributed by atoms with Crippen molar-refractivity contribution < 1.29 is 9.84 Å². The Morgan fingerprint density at radius 2 is 1.89 bits per heavy atom. The molecular weight excluding hydrogens is 226 g/mol. The van der Waals surface area contributed by atoms with Crippen LogP contribution in [0.25, 0.3) is 0 Å². The van der Waals surface area contributed by atoms with E-state index >= 15 is 0 Å². The quantitative estimate of drug-likeness (QED) is 0.867. The van der Waals surface area contributed by atoms with Gasteiger partial charge in [-0.2, -0.15) is 0 Å². The molecule has 3 nitrogen and oxygen atoms in total. The molecule has 18 heavy (non-hydrogen) atoms. The van der Waals surface area contributed by atoms with Gasteiger partial charge in [-0.1, -0.05) is 12.1 Å². The zero-order valence-corrected chi connectivity index (χ0v) is 11.1. The minimum absolute atomic E-state index is 0.0668. The summed E-state index contributed by atoms with van der Waals surface area (Å²) >= 11 is 0. The number of aliphatic hydroxyl groups excluding tert-OH is 1. The molecule has 0 aromatic heterocycles. The van der Waals surface area contributed by atoms with Gasteiger partial charge in [0.05, 0.1) is 13.2 Å². The molecule has 0 spiro atoms. The number of hydrogen-bond acceptors (Lipinski definition) is 3. The molecule has 100 valence electrons. The Labute approximate surface area is 109 Å². The van der Waals surface area contributed by atoms with Crippen molar-refractivity contribution in [3.8, 4) is 5.75 Å². The van der Waals surface area contributed by atoms with E-state index in [-0.39, 0.29) is 6.10 Å². The third-order valence-corrected chi connectivity index (χ3v) is 3.66. The summed E-state index contributed by atoms with van der Waals surface area (Å²) in [5.74, 6) is 0.920. The lowest BCUT2D eigenvalue weighted by Crippen LogP contribution is -2.36. The number of likely N-dealkylation sites (tertiary alicyclic amines) is 1. The molecule has 1 heterocycles. The van der Waals surface area contributed by atoms with Crippen molar-refractivity contribution in [2.24, 2.45) is 0 Å². The summed E-state index contributed by atoms with van der Waals surface area (Å²) in [7, 11) is 1.69. The number of benzene rings is 1. The molecule has 3 heteroatoms. The van der Waals surface area contributed by atoms with E-state index in [9.17, 15) is 5.11 Å². The number of methoxy groups -OCH3 is 1. The third-order valence-electron chi connectivity index (χ3n) is 3.66. The van der Waals surface area contributed by atoms with Crippen molar-refractivity contribution in [1.29, 1.82) is 0 Å². The summed E-state index contributed by atoms with van der Waals surface area (Å²) < 4.78 is 5.15. The maximum absolute atomic E-state index is 9.44. The van der Waals surface area contributed by atoms with Gasteiger partial charge >= 0.3 is 0 Å². The van der Waals surface area contributed by atoms with Crippen LogP contribution in [0.15, 0.2) is 24.3 Å². The van der Waals surface area contributed by atoms with Crippen LogP contribution >= 0.6 is 0 Å². The smallest absolute Gasteiger partial charge is 0.118 e. The van der Waals surface area contributed by atoms with E-state index in [1.54, 1.807) is 7.11 Å². The summed E-state index contributed by atoms with van der Waals surface area (Å²) in [6.07, 6.45) is 4.10. The summed E-state index contributed by atoms with van der Waals surface area (Å²) in [4.78, 5) is 2.45. The van der Waals surface area contributed by atoms with Crippen molar-refractivity contribution in [2.45, 2.75) is 31.8 Å². The number of nitrogens with zero attached hydrogens (tertiary/aromatic N) is 1. The molecule has 1 fully saturated rings. The van der Waals surface area contributed by atoms with Crippen LogP contribution in [0.2, 0.25) is 0 Å². The summed E-state index contributed by atoms with van der Waals surface area (Å²) in [6.45, 7) is 3.23. The zero-order chi connectivity index (χ0) is 12.8. The summed E-state index contributed by atoms with van der Waals surface area (Å²) in [5.41, 5.74) is 1.37. The number of ether oxygens (including phenoxy) is 1. The standard InChI is InChI=1S/C15H23NO2/c1-18-15-6-4-13(5-7-15)3-2-10-16-11-8-14(17)9-12-16/h4-7,14,17H,2-3,8-12H2,1H3. The first-order valence-corrected chi connectivity index (χ1v) is 6.81. The van der Waals surface area contributed by atoms with E-state index in [0.29, 0.717) is 0 Å². The van der Waals surface area contributed by atoms with Crippen molar-refractivity contribution in [2.75, 3.05) is 26.7 Å². The van der Waals surface area contributed by atoms with Crippen LogP contribution in [0, 0.1) is 0 Å². The van der Waals surface area contributed by atoms with Gasteiger partial charge in [-0.15, -0.1) is 0 Å². The fourth-order valence-corrected chi connectivity index (χ4v) is 2.44. The Balaban J connectivity index is 1.68. The molecule has 1 N–H and O–H groups in total. The van der Waals surface area contributed by atoms with Gasteiger partial charge in [0, 0.05) is 13.1 Å². The molecule has 0 amide bonds. The first-order chi connectivity index (χ1) is 8.78. The maximum atomic E-state index is 9.44. The minimum Gasteiger partial charge on any atom is -0.497 e. The average Bonchev–Trinajstić information content (AvgIpc) is 2.42. The van der Waals surface area contributed by atoms with Gasteiger partial charge in [-0.3, -0.25) is 0 Å². The lowest BCUT2D eigenvalue weighted by atomic mass is 10.1. The number of piperidine rings is 1. The highest BCUT2D eigenvalue weighted by Crippen LogP contribution is 2.14. The predicted molar refractivity (Wildman–Crippen MR) is 73.0 cm³/mol. The monoisotopic (exact) mass is 249 g/mol. The topological polar surface area (TPSA) is 32.7 Å². The molecular formula is C15H23NO2. The predicted octanol–water partition coefficient (Wildman–Crippen LogP) is 2.08. The fourth-order valence-electron chi connectivity index (χ4n) is 2.44. The molecule has 1 aromatic rings. The molecule has 0 unspecified atom stereocenters. The van der Waals surface area contributed by atoms with E-state index in [2.05, 4.69) is 17.0 Å². The van der Waals surface area contributed by atoms with Gasteiger partial charge in [0.1, 0.15) is 5.75 Å². The molecule has 0 saturated carbocycles. The highest BCUT2D eigenvalue weighted by Gasteiger charge is 2.15. The van der Waals surface area contributed by atoms with Gasteiger partial charge in [0.2, 0.25) is 0 Å². The van der Waals surface area contributed by atoms with Gasteiger partial charge in [-0.05, 0) is 49.9 Å². The summed E-state index contributed by atoms with van der Waals surface area (Å²) in [5, 5.41) is 9.44. The highest BCUT2D eigenvalue weighted by atomic mass is 16.5. The van der Waals surface area contributed by atoms with Gasteiger partial charge in [0.25, 0.3) is 0 Å². The fraction of sp³-hybridized carbons (Fsp3) is 0.600. The lowest BCUT2D eigenvalue weighted by Gasteiger charge is -2.29. The largest absolute Gasteiger partial charge is 0.497 e. The summed E-state index contributed by atoms with van der Waals surface area (Å²) in [6, 6.07) is 8.32. The number of aliphatic hydroxyl groups is 1. The molecule has 1 aliphatic heterocycles. The van der Waals surface area contributed by atoms with Crippen LogP contribution in [0.4, 0.5) is 0 Å². The van der Waals surface area contributed by atoms with Crippen LogP contribution in [-0.4, -0.2) is 42.9 Å². The van der Waals surface area contributed by atoms with E-state index in [4.69, 9.17) is 4.74 Å². The third kappa shape index (κ3) is 4.00. The maximum Gasteiger partial charge on any atom is 0.118 e. The van der Waals surface area contributed by atoms with Crippen molar-refractivity contribution in [3.05, 3.63) is 29.8 Å². The van der Waals surface area contributed by atoms with E-state index < -0.39 is 0 Å². The Kier molecular flexibility index (Phi) is 5.02. The molecule has 0 atom stereocenters. The number of rotatable bonds is 5. The minimum atomic E-state index is -0.0668. The van der Waals surface area contributed by atoms with E-state index in [1.165, 1.54) is 12.0 Å². The Hall–Kier alpha value is -1.06. The molecule has 1 aliphatic rings. The lowest BCUT2D eigenvalue weighted by molar-refractivity contribution is 0.0821. The van der Waals surface area contributed by atoms with Crippen LogP contribution in [0.1, 0.15) is 24.8 Å². The molecule has 0 bridgehead atoms. The second kappa shape index (κ2) is 6.76. The van der Waals surface area contributed by atoms with Crippen molar-refractivity contribution in [3.63, 3.8) is 0 Å². The Bertz CT molecular complexity index is 342. The molecule has 0 radical (unpaired) electrons. The van der Waals surface area contributed by atoms with Gasteiger partial charge in [-0.25, -0.2) is 0 Å². The first-order valence-electron chi connectivity index (χ1n) is 6.81. The SMILES string of the molecule is COc1ccc(CCCN2CCC(O)CC2)cc1. The van der Waals surface area contributed by atoms with Crippen molar-refractivity contribution in [1.82, 2.24) is 4.90 Å².